The van der Waals surface area contributed by atoms with Crippen LogP contribution in [0.3, 0.4) is 0 Å². The van der Waals surface area contributed by atoms with Gasteiger partial charge in [0.15, 0.2) is 0 Å². The molecule has 1 saturated heterocycles. The van der Waals surface area contributed by atoms with Crippen LogP contribution in [0, 0.1) is 0 Å². The smallest absolute Gasteiger partial charge is 0.378 e. The van der Waals surface area contributed by atoms with E-state index in [1.807, 2.05) is 0 Å². The van der Waals surface area contributed by atoms with Crippen LogP contribution < -0.4 is 0 Å². The molecule has 0 amide bonds. The first-order valence-corrected chi connectivity index (χ1v) is 6.74. The van der Waals surface area contributed by atoms with E-state index in [-0.39, 0.29) is 18.3 Å². The standard InChI is InChI=1S/C15H17F3O2/c16-15(17,18)12-6-4-11(5-7-12)9-13(19)10-14-3-1-2-8-20-14/h4-7,14H,1-3,8-10H2. The molecule has 2 nitrogen and oxygen atoms in total. The summed E-state index contributed by atoms with van der Waals surface area (Å²) in [7, 11) is 0. The van der Waals surface area contributed by atoms with Gasteiger partial charge in [0.2, 0.25) is 0 Å². The predicted molar refractivity (Wildman–Crippen MR) is 68.4 cm³/mol. The van der Waals surface area contributed by atoms with E-state index in [9.17, 15) is 18.0 Å². The highest BCUT2D eigenvalue weighted by Gasteiger charge is 2.30. The average molecular weight is 286 g/mol. The van der Waals surface area contributed by atoms with E-state index in [1.54, 1.807) is 0 Å². The monoisotopic (exact) mass is 286 g/mol. The van der Waals surface area contributed by atoms with E-state index in [2.05, 4.69) is 0 Å². The number of halogens is 3. The van der Waals surface area contributed by atoms with Gasteiger partial charge in [0.1, 0.15) is 5.78 Å². The number of hydrogen-bond acceptors (Lipinski definition) is 2. The van der Waals surface area contributed by atoms with Crippen LogP contribution >= 0.6 is 0 Å². The Labute approximate surface area is 115 Å². The van der Waals surface area contributed by atoms with Gasteiger partial charge in [0.05, 0.1) is 11.7 Å². The second-order valence-electron chi connectivity index (χ2n) is 5.10. The molecule has 0 spiro atoms. The third-order valence-corrected chi connectivity index (χ3v) is 3.41. The van der Waals surface area contributed by atoms with Crippen molar-refractivity contribution in [3.63, 3.8) is 0 Å². The van der Waals surface area contributed by atoms with Crippen molar-refractivity contribution >= 4 is 5.78 Å². The highest BCUT2D eigenvalue weighted by molar-refractivity contribution is 5.81. The van der Waals surface area contributed by atoms with Crippen LogP contribution in [0.2, 0.25) is 0 Å². The Bertz CT molecular complexity index is 445. The van der Waals surface area contributed by atoms with Crippen molar-refractivity contribution in [1.82, 2.24) is 0 Å². The predicted octanol–water partition coefficient (Wildman–Crippen LogP) is 3.78. The summed E-state index contributed by atoms with van der Waals surface area (Å²) < 4.78 is 42.7. The summed E-state index contributed by atoms with van der Waals surface area (Å²) in [4.78, 5) is 11.9. The SMILES string of the molecule is O=C(Cc1ccc(C(F)(F)F)cc1)CC1CCCCO1. The van der Waals surface area contributed by atoms with Gasteiger partial charge >= 0.3 is 6.18 Å². The second kappa shape index (κ2) is 6.39. The summed E-state index contributed by atoms with van der Waals surface area (Å²) in [6.45, 7) is 0.693. The zero-order valence-electron chi connectivity index (χ0n) is 11.1. The summed E-state index contributed by atoms with van der Waals surface area (Å²) in [6, 6.07) is 4.75. The van der Waals surface area contributed by atoms with Gasteiger partial charge in [-0.25, -0.2) is 0 Å². The Hall–Kier alpha value is -1.36. The van der Waals surface area contributed by atoms with Crippen LogP contribution in [0.5, 0.6) is 0 Å². The van der Waals surface area contributed by atoms with Gasteiger partial charge in [-0.15, -0.1) is 0 Å². The van der Waals surface area contributed by atoms with Gasteiger partial charge in [-0.2, -0.15) is 13.2 Å². The molecule has 1 unspecified atom stereocenters. The van der Waals surface area contributed by atoms with Gasteiger partial charge in [-0.05, 0) is 37.0 Å². The maximum Gasteiger partial charge on any atom is 0.416 e. The van der Waals surface area contributed by atoms with E-state index in [4.69, 9.17) is 4.74 Å². The van der Waals surface area contributed by atoms with Gasteiger partial charge in [0.25, 0.3) is 0 Å². The molecule has 20 heavy (non-hydrogen) atoms. The number of benzene rings is 1. The highest BCUT2D eigenvalue weighted by atomic mass is 19.4. The molecule has 1 fully saturated rings. The lowest BCUT2D eigenvalue weighted by molar-refractivity contribution is -0.137. The van der Waals surface area contributed by atoms with Gasteiger partial charge in [-0.1, -0.05) is 12.1 Å². The van der Waals surface area contributed by atoms with Crippen molar-refractivity contribution in [1.29, 1.82) is 0 Å². The van der Waals surface area contributed by atoms with Crippen molar-refractivity contribution in [3.05, 3.63) is 35.4 Å². The lowest BCUT2D eigenvalue weighted by atomic mass is 9.99. The van der Waals surface area contributed by atoms with Crippen LogP contribution in [0.4, 0.5) is 13.2 Å². The molecule has 1 atom stereocenters. The Kier molecular flexibility index (Phi) is 4.81. The van der Waals surface area contributed by atoms with Crippen LogP contribution in [-0.2, 0) is 22.1 Å². The number of ether oxygens (including phenoxy) is 1. The first kappa shape index (κ1) is 15.0. The van der Waals surface area contributed by atoms with Crippen molar-refractivity contribution in [2.45, 2.75) is 44.4 Å². The zero-order valence-corrected chi connectivity index (χ0v) is 11.1. The van der Waals surface area contributed by atoms with Crippen LogP contribution in [0.1, 0.15) is 36.8 Å². The summed E-state index contributed by atoms with van der Waals surface area (Å²) in [5, 5.41) is 0. The molecule has 0 saturated carbocycles. The normalized spacial score (nSPS) is 19.9. The van der Waals surface area contributed by atoms with Gasteiger partial charge < -0.3 is 4.74 Å². The van der Waals surface area contributed by atoms with E-state index in [1.165, 1.54) is 12.1 Å². The van der Waals surface area contributed by atoms with E-state index in [0.29, 0.717) is 18.6 Å². The topological polar surface area (TPSA) is 26.3 Å². The molecule has 110 valence electrons. The van der Waals surface area contributed by atoms with Crippen molar-refractivity contribution in [3.8, 4) is 0 Å². The number of carbonyl (C=O) groups is 1. The minimum absolute atomic E-state index is 0.0108. The average Bonchev–Trinajstić information content (AvgIpc) is 2.39. The molecule has 0 aliphatic carbocycles. The third-order valence-electron chi connectivity index (χ3n) is 3.41. The number of Topliss-reactive ketones (excluding diaryl/α,β-unsaturated/α-hetero) is 1. The maximum absolute atomic E-state index is 12.4. The lowest BCUT2D eigenvalue weighted by Crippen LogP contribution is -2.23. The first-order chi connectivity index (χ1) is 9.45. The minimum atomic E-state index is -4.33. The molecule has 1 aromatic carbocycles. The fourth-order valence-electron chi connectivity index (χ4n) is 2.33. The Morgan fingerprint density at radius 3 is 2.45 bits per heavy atom. The summed E-state index contributed by atoms with van der Waals surface area (Å²) in [5.41, 5.74) is -0.0804. The number of carbonyl (C=O) groups excluding carboxylic acids is 1. The van der Waals surface area contributed by atoms with E-state index >= 15 is 0 Å². The number of hydrogen-bond donors (Lipinski definition) is 0. The lowest BCUT2D eigenvalue weighted by Gasteiger charge is -2.21. The molecule has 0 N–H and O–H groups in total. The highest BCUT2D eigenvalue weighted by Crippen LogP contribution is 2.29. The zero-order chi connectivity index (χ0) is 14.6. The largest absolute Gasteiger partial charge is 0.416 e. The van der Waals surface area contributed by atoms with Crippen LogP contribution in [0.25, 0.3) is 0 Å². The Morgan fingerprint density at radius 2 is 1.90 bits per heavy atom. The fourth-order valence-corrected chi connectivity index (χ4v) is 2.33. The molecule has 1 aromatic rings. The molecule has 0 bridgehead atoms. The first-order valence-electron chi connectivity index (χ1n) is 6.74. The molecular formula is C15H17F3O2. The van der Waals surface area contributed by atoms with Gasteiger partial charge in [-0.3, -0.25) is 4.79 Å². The van der Waals surface area contributed by atoms with Crippen molar-refractivity contribution < 1.29 is 22.7 Å². The molecule has 1 heterocycles. The molecule has 5 heteroatoms. The van der Waals surface area contributed by atoms with E-state index in [0.717, 1.165) is 31.4 Å². The third kappa shape index (κ3) is 4.34. The summed E-state index contributed by atoms with van der Waals surface area (Å²) in [5.74, 6) is 0.0108. The number of alkyl halides is 3. The van der Waals surface area contributed by atoms with Crippen LogP contribution in [-0.4, -0.2) is 18.5 Å². The summed E-state index contributed by atoms with van der Waals surface area (Å²) >= 11 is 0. The molecule has 1 aliphatic rings. The molecule has 0 aromatic heterocycles. The molecule has 1 aliphatic heterocycles. The van der Waals surface area contributed by atoms with E-state index < -0.39 is 11.7 Å². The minimum Gasteiger partial charge on any atom is -0.378 e. The summed E-state index contributed by atoms with van der Waals surface area (Å²) in [6.07, 6.45) is -0.858. The molecule has 2 rings (SSSR count). The molecular weight excluding hydrogens is 269 g/mol. The maximum atomic E-state index is 12.4. The molecule has 0 radical (unpaired) electrons. The van der Waals surface area contributed by atoms with Crippen molar-refractivity contribution in [2.24, 2.45) is 0 Å². The van der Waals surface area contributed by atoms with Gasteiger partial charge in [0, 0.05) is 19.4 Å². The number of ketones is 1. The quantitative estimate of drug-likeness (QED) is 0.842. The van der Waals surface area contributed by atoms with Crippen molar-refractivity contribution in [2.75, 3.05) is 6.61 Å². The number of rotatable bonds is 4. The Morgan fingerprint density at radius 1 is 1.20 bits per heavy atom. The van der Waals surface area contributed by atoms with Crippen LogP contribution in [0.15, 0.2) is 24.3 Å². The second-order valence-corrected chi connectivity index (χ2v) is 5.10. The fraction of sp³-hybridized carbons (Fsp3) is 0.533. The Balaban J connectivity index is 1.87.